The maximum Gasteiger partial charge on any atom is 0.263 e. The molecular formula is C22H19Cl2N3O4S. The topological polar surface area (TPSA) is 110 Å². The van der Waals surface area contributed by atoms with Crippen LogP contribution in [0.5, 0.6) is 0 Å². The number of carbonyl (C=O) groups excluding carboxylic acids is 2. The molecule has 0 bridgehead atoms. The van der Waals surface area contributed by atoms with Crippen molar-refractivity contribution in [1.29, 1.82) is 0 Å². The Morgan fingerprint density at radius 3 is 2.31 bits per heavy atom. The van der Waals surface area contributed by atoms with Crippen LogP contribution in [0, 0.1) is 0 Å². The summed E-state index contributed by atoms with van der Waals surface area (Å²) in [6.45, 7) is 0.265. The third-order valence-electron chi connectivity index (χ3n) is 4.54. The van der Waals surface area contributed by atoms with Gasteiger partial charge in [0.05, 0.1) is 5.02 Å². The summed E-state index contributed by atoms with van der Waals surface area (Å²) in [7, 11) is -2.35. The van der Waals surface area contributed by atoms with E-state index in [0.717, 1.165) is 5.56 Å². The molecular weight excluding hydrogens is 473 g/mol. The summed E-state index contributed by atoms with van der Waals surface area (Å²) in [6.07, 6.45) is 0. The molecule has 0 spiro atoms. The fraction of sp³-hybridized carbons (Fsp3) is 0.0909. The molecule has 3 N–H and O–H groups in total. The number of anilines is 1. The number of hydrogen-bond acceptors (Lipinski definition) is 4. The minimum atomic E-state index is -3.97. The minimum absolute atomic E-state index is 0.0377. The average molecular weight is 492 g/mol. The van der Waals surface area contributed by atoms with E-state index in [0.29, 0.717) is 11.1 Å². The Kier molecular flexibility index (Phi) is 7.08. The second-order valence-corrected chi connectivity index (χ2v) is 9.48. The van der Waals surface area contributed by atoms with Crippen molar-refractivity contribution in [3.63, 3.8) is 0 Å². The first-order chi connectivity index (χ1) is 15.1. The molecule has 0 saturated heterocycles. The maximum absolute atomic E-state index is 12.7. The van der Waals surface area contributed by atoms with Gasteiger partial charge in [-0.3, -0.25) is 14.3 Å². The first-order valence-electron chi connectivity index (χ1n) is 9.29. The largest absolute Gasteiger partial charge is 0.366 e. The molecule has 0 aliphatic heterocycles. The van der Waals surface area contributed by atoms with Crippen LogP contribution in [-0.4, -0.2) is 32.2 Å². The van der Waals surface area contributed by atoms with Crippen molar-refractivity contribution in [2.24, 2.45) is 5.73 Å². The number of nitrogens with one attached hydrogen (secondary N) is 1. The first-order valence-corrected chi connectivity index (χ1v) is 11.5. The maximum atomic E-state index is 12.7. The van der Waals surface area contributed by atoms with Gasteiger partial charge in [0.1, 0.15) is 4.90 Å². The van der Waals surface area contributed by atoms with Gasteiger partial charge in [0, 0.05) is 35.4 Å². The van der Waals surface area contributed by atoms with Crippen LogP contribution in [0.25, 0.3) is 0 Å². The van der Waals surface area contributed by atoms with Crippen molar-refractivity contribution < 1.29 is 18.0 Å². The van der Waals surface area contributed by atoms with E-state index in [1.54, 1.807) is 31.3 Å². The quantitative estimate of drug-likeness (QED) is 0.516. The van der Waals surface area contributed by atoms with Crippen molar-refractivity contribution >= 4 is 50.7 Å². The lowest BCUT2D eigenvalue weighted by Gasteiger charge is -2.18. The Balaban J connectivity index is 1.72. The van der Waals surface area contributed by atoms with Crippen LogP contribution in [-0.2, 0) is 16.6 Å². The predicted molar refractivity (Wildman–Crippen MR) is 124 cm³/mol. The molecule has 10 heteroatoms. The normalized spacial score (nSPS) is 11.1. The molecule has 32 heavy (non-hydrogen) atoms. The molecule has 166 valence electrons. The molecule has 0 aromatic heterocycles. The molecule has 0 radical (unpaired) electrons. The highest BCUT2D eigenvalue weighted by Crippen LogP contribution is 2.27. The zero-order chi connectivity index (χ0) is 23.5. The van der Waals surface area contributed by atoms with Gasteiger partial charge in [-0.25, -0.2) is 8.42 Å². The fourth-order valence-electron chi connectivity index (χ4n) is 2.96. The predicted octanol–water partition coefficient (Wildman–Crippen LogP) is 4.17. The van der Waals surface area contributed by atoms with E-state index >= 15 is 0 Å². The van der Waals surface area contributed by atoms with Crippen LogP contribution in [0.2, 0.25) is 10.0 Å². The summed E-state index contributed by atoms with van der Waals surface area (Å²) >= 11 is 11.9. The molecule has 3 aromatic carbocycles. The van der Waals surface area contributed by atoms with Gasteiger partial charge in [-0.15, -0.1) is 0 Å². The van der Waals surface area contributed by atoms with Crippen LogP contribution in [0.4, 0.5) is 5.69 Å². The van der Waals surface area contributed by atoms with E-state index < -0.39 is 15.9 Å². The first kappa shape index (κ1) is 23.6. The third-order valence-corrected chi connectivity index (χ3v) is 6.64. The lowest BCUT2D eigenvalue weighted by molar-refractivity contribution is 0.0785. The van der Waals surface area contributed by atoms with Crippen LogP contribution < -0.4 is 10.5 Å². The Morgan fingerprint density at radius 2 is 1.66 bits per heavy atom. The Labute approximate surface area is 195 Å². The van der Waals surface area contributed by atoms with Gasteiger partial charge in [0.25, 0.3) is 15.9 Å². The van der Waals surface area contributed by atoms with Crippen LogP contribution in [0.3, 0.4) is 0 Å². The standard InChI is InChI=1S/C22H19Cl2N3O4S/c1-27(13-14-3-2-4-16(11-14)21(25)28)22(29)15-5-8-18(9-6-15)26-32(30,31)20-12-17(23)7-10-19(20)24/h2-12,26H,13H2,1H3,(H2,25,28). The number of hydrogen-bond donors (Lipinski definition) is 2. The molecule has 0 atom stereocenters. The highest BCUT2D eigenvalue weighted by atomic mass is 35.5. The zero-order valence-electron chi connectivity index (χ0n) is 16.9. The molecule has 7 nitrogen and oxygen atoms in total. The summed E-state index contributed by atoms with van der Waals surface area (Å²) in [5.41, 5.74) is 7.03. The number of nitrogens with two attached hydrogens (primary N) is 1. The van der Waals surface area contributed by atoms with Gasteiger partial charge >= 0.3 is 0 Å². The van der Waals surface area contributed by atoms with Gasteiger partial charge in [-0.05, 0) is 60.2 Å². The lowest BCUT2D eigenvalue weighted by Crippen LogP contribution is -2.26. The van der Waals surface area contributed by atoms with Gasteiger partial charge in [-0.1, -0.05) is 35.3 Å². The Morgan fingerprint density at radius 1 is 0.969 bits per heavy atom. The molecule has 3 rings (SSSR count). The SMILES string of the molecule is CN(Cc1cccc(C(N)=O)c1)C(=O)c1ccc(NS(=O)(=O)c2cc(Cl)ccc2Cl)cc1. The summed E-state index contributed by atoms with van der Waals surface area (Å²) in [6, 6.07) is 16.8. The van der Waals surface area contributed by atoms with Crippen LogP contribution in [0.1, 0.15) is 26.3 Å². The van der Waals surface area contributed by atoms with Crippen LogP contribution in [0.15, 0.2) is 71.6 Å². The van der Waals surface area contributed by atoms with Gasteiger partial charge in [0.15, 0.2) is 0 Å². The lowest BCUT2D eigenvalue weighted by atomic mass is 10.1. The fourth-order valence-corrected chi connectivity index (χ4v) is 4.79. The van der Waals surface area contributed by atoms with Crippen molar-refractivity contribution in [3.05, 3.63) is 93.5 Å². The van der Waals surface area contributed by atoms with Crippen molar-refractivity contribution in [3.8, 4) is 0 Å². The monoisotopic (exact) mass is 491 g/mol. The molecule has 0 saturated carbocycles. The number of benzene rings is 3. The minimum Gasteiger partial charge on any atom is -0.366 e. The summed E-state index contributed by atoms with van der Waals surface area (Å²) in [5, 5.41) is 0.274. The second kappa shape index (κ2) is 9.60. The third kappa shape index (κ3) is 5.59. The average Bonchev–Trinajstić information content (AvgIpc) is 2.75. The van der Waals surface area contributed by atoms with Crippen molar-refractivity contribution in [1.82, 2.24) is 4.90 Å². The number of nitrogens with zero attached hydrogens (tertiary/aromatic N) is 1. The van der Waals surface area contributed by atoms with Crippen molar-refractivity contribution in [2.45, 2.75) is 11.4 Å². The highest BCUT2D eigenvalue weighted by molar-refractivity contribution is 7.92. The van der Waals surface area contributed by atoms with Crippen molar-refractivity contribution in [2.75, 3.05) is 11.8 Å². The summed E-state index contributed by atoms with van der Waals surface area (Å²) < 4.78 is 27.7. The number of rotatable bonds is 7. The Bertz CT molecular complexity index is 1280. The molecule has 3 aromatic rings. The van der Waals surface area contributed by atoms with E-state index in [4.69, 9.17) is 28.9 Å². The summed E-state index contributed by atoms with van der Waals surface area (Å²) in [4.78, 5) is 25.4. The van der Waals surface area contributed by atoms with E-state index in [2.05, 4.69) is 4.72 Å². The van der Waals surface area contributed by atoms with E-state index in [9.17, 15) is 18.0 Å². The molecule has 0 fully saturated rings. The smallest absolute Gasteiger partial charge is 0.263 e. The number of carbonyl (C=O) groups is 2. The molecule has 0 unspecified atom stereocenters. The molecule has 2 amide bonds. The molecule has 0 heterocycles. The number of sulfonamides is 1. The number of halogens is 2. The van der Waals surface area contributed by atoms with E-state index in [1.807, 2.05) is 0 Å². The zero-order valence-corrected chi connectivity index (χ0v) is 19.2. The molecule has 0 aliphatic carbocycles. The number of amides is 2. The second-order valence-electron chi connectivity index (χ2n) is 6.98. The summed E-state index contributed by atoms with van der Waals surface area (Å²) in [5.74, 6) is -0.820. The Hall–Kier alpha value is -3.07. The highest BCUT2D eigenvalue weighted by Gasteiger charge is 2.19. The van der Waals surface area contributed by atoms with E-state index in [1.165, 1.54) is 47.4 Å². The van der Waals surface area contributed by atoms with E-state index in [-0.39, 0.29) is 33.1 Å². The number of primary amides is 1. The molecule has 0 aliphatic rings. The van der Waals surface area contributed by atoms with Gasteiger partial charge in [-0.2, -0.15) is 0 Å². The van der Waals surface area contributed by atoms with Crippen LogP contribution >= 0.6 is 23.2 Å². The van der Waals surface area contributed by atoms with Gasteiger partial charge < -0.3 is 10.6 Å². The van der Waals surface area contributed by atoms with Gasteiger partial charge in [0.2, 0.25) is 5.91 Å².